The summed E-state index contributed by atoms with van der Waals surface area (Å²) < 4.78 is 87.7. The van der Waals surface area contributed by atoms with Gasteiger partial charge in [-0.25, -0.2) is 9.59 Å². The van der Waals surface area contributed by atoms with Crippen LogP contribution >= 0.6 is 0 Å². The summed E-state index contributed by atoms with van der Waals surface area (Å²) in [7, 11) is 0.690. The molecule has 1 aliphatic heterocycles. The molecule has 2 heterocycles. The van der Waals surface area contributed by atoms with Gasteiger partial charge in [-0.3, -0.25) is 18.7 Å². The first-order valence-corrected chi connectivity index (χ1v) is 34.7. The number of aromatic nitrogens is 1. The molecule has 1 aliphatic rings. The molecular weight excluding hydrogens is 1120 g/mol. The molecule has 0 atom stereocenters. The maximum Gasteiger partial charge on any atom is 0.363 e. The Bertz CT molecular complexity index is 3020. The van der Waals surface area contributed by atoms with E-state index in [1.807, 2.05) is 34.9 Å². The Kier molecular flexibility index (Phi) is 29.0. The number of benzene rings is 3. The molecule has 0 saturated carbocycles. The third-order valence-corrected chi connectivity index (χ3v) is 17.9. The predicted molar refractivity (Wildman–Crippen MR) is 333 cm³/mol. The molecule has 0 unspecified atom stereocenters. The molecule has 2 amide bonds. The quantitative estimate of drug-likeness (QED) is 0.00615. The van der Waals surface area contributed by atoms with E-state index in [0.29, 0.717) is 75.7 Å². The largest absolute Gasteiger partial charge is 0.494 e. The second-order valence-electron chi connectivity index (χ2n) is 24.8. The highest BCUT2D eigenvalue weighted by molar-refractivity contribution is 7.86. The van der Waals surface area contributed by atoms with Crippen LogP contribution < -0.4 is 18.8 Å². The fourth-order valence-corrected chi connectivity index (χ4v) is 12.4. The maximum atomic E-state index is 15.0. The van der Waals surface area contributed by atoms with Gasteiger partial charge in [-0.1, -0.05) is 103 Å². The Morgan fingerprint density at radius 1 is 0.529 bits per heavy atom. The number of unbranched alkanes of at least 4 members (excludes halogenated alkanes) is 19. The van der Waals surface area contributed by atoms with Gasteiger partial charge in [0.15, 0.2) is 6.54 Å². The average molecular weight is 1230 g/mol. The SMILES string of the molecule is CCCC[N+](C)(C)CCCCCCCCCCCCOc1ccc2c(c1)c(C(=O)Oc1c(C)cc(C(=O)ON3C(=O)CCC3=O)cc1C)c1cc(OCCCCCCCCCCCC[N+](C)(C)CCCS(=O)(=O)O)ccc1[n+]2CCCS(=O)(=O)O. The van der Waals surface area contributed by atoms with Crippen molar-refractivity contribution in [2.24, 2.45) is 0 Å². The summed E-state index contributed by atoms with van der Waals surface area (Å²) in [6.45, 7) is 10.9. The molecule has 85 heavy (non-hydrogen) atoms. The first kappa shape index (κ1) is 70.5. The van der Waals surface area contributed by atoms with Crippen LogP contribution in [0.3, 0.4) is 0 Å². The van der Waals surface area contributed by atoms with E-state index in [0.717, 1.165) is 86.1 Å². The molecule has 5 rings (SSSR count). The highest BCUT2D eigenvalue weighted by atomic mass is 32.2. The number of rotatable bonds is 43. The minimum absolute atomic E-state index is 0.0496. The van der Waals surface area contributed by atoms with Crippen LogP contribution in [0.2, 0.25) is 0 Å². The molecule has 2 N–H and O–H groups in total. The van der Waals surface area contributed by atoms with E-state index < -0.39 is 49.7 Å². The van der Waals surface area contributed by atoms with Crippen molar-refractivity contribution in [1.29, 1.82) is 0 Å². The Hall–Kier alpha value is -5.25. The van der Waals surface area contributed by atoms with E-state index in [4.69, 9.17) is 23.6 Å². The minimum atomic E-state index is -4.27. The number of carbonyl (C=O) groups is 4. The average Bonchev–Trinajstić information content (AvgIpc) is 1.80. The van der Waals surface area contributed by atoms with E-state index in [9.17, 15) is 35.8 Å². The molecule has 1 aromatic heterocycles. The number of fused-ring (bicyclic) bond motifs is 2. The lowest BCUT2D eigenvalue weighted by Crippen LogP contribution is -2.41. The van der Waals surface area contributed by atoms with Gasteiger partial charge in [0, 0.05) is 37.8 Å². The fraction of sp³-hybridized carbons (Fsp3) is 0.646. The van der Waals surface area contributed by atoms with Crippen LogP contribution in [0.1, 0.15) is 206 Å². The number of hydroxylamine groups is 2. The number of esters is 1. The van der Waals surface area contributed by atoms with Crippen LogP contribution in [0.4, 0.5) is 0 Å². The molecule has 1 fully saturated rings. The second kappa shape index (κ2) is 34.9. The summed E-state index contributed by atoms with van der Waals surface area (Å²) >= 11 is 0. The number of ether oxygens (including phenoxy) is 3. The van der Waals surface area contributed by atoms with Gasteiger partial charge in [0.25, 0.3) is 32.1 Å². The zero-order chi connectivity index (χ0) is 62.0. The van der Waals surface area contributed by atoms with Gasteiger partial charge >= 0.3 is 11.9 Å². The third-order valence-electron chi connectivity index (χ3n) is 16.3. The van der Waals surface area contributed by atoms with Gasteiger partial charge in [-0.15, -0.1) is 5.06 Å². The van der Waals surface area contributed by atoms with Crippen LogP contribution in [0.5, 0.6) is 17.2 Å². The van der Waals surface area contributed by atoms with Gasteiger partial charge in [-0.05, 0) is 106 Å². The molecule has 3 aromatic carbocycles. The maximum absolute atomic E-state index is 15.0. The fourth-order valence-electron chi connectivity index (χ4n) is 11.4. The van der Waals surface area contributed by atoms with Crippen molar-refractivity contribution in [3.8, 4) is 17.2 Å². The van der Waals surface area contributed by atoms with Gasteiger partial charge in [0.2, 0.25) is 11.0 Å². The van der Waals surface area contributed by atoms with Crippen molar-refractivity contribution < 1.29 is 77.7 Å². The first-order valence-electron chi connectivity index (χ1n) is 31.5. The lowest BCUT2D eigenvalue weighted by Gasteiger charge is -2.29. The Morgan fingerprint density at radius 2 is 0.918 bits per heavy atom. The molecule has 20 heteroatoms. The van der Waals surface area contributed by atoms with Gasteiger partial charge in [-0.2, -0.15) is 21.4 Å². The molecule has 0 spiro atoms. The third kappa shape index (κ3) is 25.2. The van der Waals surface area contributed by atoms with E-state index in [2.05, 4.69) is 35.1 Å². The Labute approximate surface area is 507 Å². The van der Waals surface area contributed by atoms with Crippen LogP contribution in [0, 0.1) is 13.8 Å². The number of imide groups is 1. The summed E-state index contributed by atoms with van der Waals surface area (Å²) in [5.74, 6) is -2.22. The summed E-state index contributed by atoms with van der Waals surface area (Å²) in [5.41, 5.74) is 2.33. The number of amides is 2. The number of carbonyl (C=O) groups excluding carboxylic acids is 4. The monoisotopic (exact) mass is 1230 g/mol. The van der Waals surface area contributed by atoms with Crippen LogP contribution in [-0.4, -0.2) is 143 Å². The number of aryl methyl sites for hydroxylation is 3. The van der Waals surface area contributed by atoms with Crippen LogP contribution in [0.25, 0.3) is 21.8 Å². The van der Waals surface area contributed by atoms with Crippen molar-refractivity contribution in [2.45, 2.75) is 194 Å². The van der Waals surface area contributed by atoms with Crippen molar-refractivity contribution in [3.63, 3.8) is 0 Å². The van der Waals surface area contributed by atoms with E-state index in [1.54, 1.807) is 19.9 Å². The van der Waals surface area contributed by atoms with Gasteiger partial charge in [0.05, 0.1) is 101 Å². The number of hydrogen-bond acceptors (Lipinski definition) is 12. The van der Waals surface area contributed by atoms with Crippen molar-refractivity contribution >= 4 is 65.8 Å². The van der Waals surface area contributed by atoms with Gasteiger partial charge < -0.3 is 28.0 Å². The standard InChI is InChI=1S/C65H99N4O14S2/c1-8-9-39-68(4,5)40-26-22-18-14-10-12-16-20-24-28-43-80-54-32-34-58-56(49-54)62(65(73)82-63-51(2)47-53(48-52(63)3)64(72)83-67-60(70)36-37-61(67)71)57-50-55(33-35-59(57)66(58)38-30-45-84(74,75)76)81-44-29-25-21-17-13-11-15-19-23-27-41-69(6,7)42-31-46-85(77,78)79/h32-35,47-50H,8-31,36-46H2,1-7H3/q+1/p+2. The second-order valence-corrected chi connectivity index (χ2v) is 28.0. The van der Waals surface area contributed by atoms with Crippen molar-refractivity contribution in [3.05, 3.63) is 70.8 Å². The number of pyridine rings is 1. The zero-order valence-electron chi connectivity index (χ0n) is 52.3. The highest BCUT2D eigenvalue weighted by Crippen LogP contribution is 2.34. The topological polar surface area (TPSA) is 221 Å². The molecule has 0 aliphatic carbocycles. The molecular formula is C65H101N4O14S2+3. The number of quaternary nitrogens is 2. The van der Waals surface area contributed by atoms with Crippen molar-refractivity contribution in [1.82, 2.24) is 5.06 Å². The summed E-state index contributed by atoms with van der Waals surface area (Å²) in [6.07, 6.45) is 25.7. The van der Waals surface area contributed by atoms with Crippen LogP contribution in [0.15, 0.2) is 48.5 Å². The van der Waals surface area contributed by atoms with E-state index >= 15 is 4.79 Å². The summed E-state index contributed by atoms with van der Waals surface area (Å²) in [4.78, 5) is 57.9. The van der Waals surface area contributed by atoms with Crippen molar-refractivity contribution in [2.75, 3.05) is 79.1 Å². The number of hydrogen-bond donors (Lipinski definition) is 2. The first-order chi connectivity index (χ1) is 40.4. The predicted octanol–water partition coefficient (Wildman–Crippen LogP) is 12.4. The lowest BCUT2D eigenvalue weighted by atomic mass is 10.0. The molecule has 4 aromatic rings. The molecule has 1 saturated heterocycles. The smallest absolute Gasteiger partial charge is 0.363 e. The minimum Gasteiger partial charge on any atom is -0.494 e. The van der Waals surface area contributed by atoms with E-state index in [1.165, 1.54) is 95.9 Å². The summed E-state index contributed by atoms with van der Waals surface area (Å²) in [6, 6.07) is 13.9. The number of nitrogens with zero attached hydrogens (tertiary/aromatic N) is 4. The highest BCUT2D eigenvalue weighted by Gasteiger charge is 2.34. The Morgan fingerprint density at radius 3 is 1.34 bits per heavy atom. The van der Waals surface area contributed by atoms with E-state index in [-0.39, 0.29) is 48.4 Å². The van der Waals surface area contributed by atoms with Gasteiger partial charge in [0.1, 0.15) is 17.2 Å². The normalized spacial score (nSPS) is 13.4. The summed E-state index contributed by atoms with van der Waals surface area (Å²) in [5, 5.41) is 1.46. The molecule has 474 valence electrons. The molecule has 18 nitrogen and oxygen atoms in total. The Balaban J connectivity index is 1.26. The van der Waals surface area contributed by atoms with Crippen LogP contribution in [-0.2, 0) is 41.2 Å². The lowest BCUT2D eigenvalue weighted by molar-refractivity contribution is -0.890. The molecule has 0 radical (unpaired) electrons. The molecule has 0 bridgehead atoms. The zero-order valence-corrected chi connectivity index (χ0v) is 53.9.